The van der Waals surface area contributed by atoms with Gasteiger partial charge in [0, 0.05) is 24.5 Å². The topological polar surface area (TPSA) is 28.7 Å². The molecule has 0 unspecified atom stereocenters. The van der Waals surface area contributed by atoms with Crippen molar-refractivity contribution in [2.75, 3.05) is 0 Å². The molecule has 0 saturated heterocycles. The van der Waals surface area contributed by atoms with Crippen LogP contribution in [0.3, 0.4) is 0 Å². The van der Waals surface area contributed by atoms with Gasteiger partial charge in [-0.15, -0.1) is 0 Å². The second-order valence-electron chi connectivity index (χ2n) is 4.21. The quantitative estimate of drug-likeness (QED) is 0.544. The van der Waals surface area contributed by atoms with Gasteiger partial charge < -0.3 is 4.98 Å². The van der Waals surface area contributed by atoms with E-state index in [0.717, 1.165) is 21.4 Å². The number of aryl methyl sites for hydroxylation is 2. The molecule has 0 bridgehead atoms. The van der Waals surface area contributed by atoms with Crippen LogP contribution in [-0.4, -0.2) is 9.97 Å². The van der Waals surface area contributed by atoms with Gasteiger partial charge >= 0.3 is 0 Å². The number of aromatic amines is 1. The lowest BCUT2D eigenvalue weighted by atomic mass is 10.1. The molecule has 2 heterocycles. The highest BCUT2D eigenvalue weighted by Gasteiger charge is 2.10. The Bertz CT molecular complexity index is 684. The fourth-order valence-corrected chi connectivity index (χ4v) is 3.88. The molecule has 0 aliphatic heterocycles. The largest absolute Gasteiger partial charge is 0.352 e. The number of hydrogen-bond donors (Lipinski definition) is 1. The molecule has 86 valence electrons. The number of fused-ring (bicyclic) bond motifs is 3. The summed E-state index contributed by atoms with van der Waals surface area (Å²) in [5.41, 5.74) is 4.45. The average Bonchev–Trinajstić information content (AvgIpc) is 2.58. The Labute approximate surface area is 121 Å². The molecule has 17 heavy (non-hydrogen) atoms. The van der Waals surface area contributed by atoms with E-state index in [-0.39, 0.29) is 0 Å². The first-order valence-corrected chi connectivity index (χ1v) is 7.18. The van der Waals surface area contributed by atoms with E-state index in [0.29, 0.717) is 0 Å². The summed E-state index contributed by atoms with van der Waals surface area (Å²) in [7, 11) is 0. The summed E-state index contributed by atoms with van der Waals surface area (Å²) in [5.74, 6) is 0. The Hall–Kier alpha value is -0.620. The lowest BCUT2D eigenvalue weighted by Crippen LogP contribution is -1.86. The molecule has 3 rings (SSSR count). The molecule has 0 amide bonds. The SMILES string of the molecule is Cc1cc2c([nH]c3c(I)cc(Br)cc32)c(C)n1. The van der Waals surface area contributed by atoms with Crippen LogP contribution >= 0.6 is 38.5 Å². The van der Waals surface area contributed by atoms with Crippen molar-refractivity contribution < 1.29 is 0 Å². The number of nitrogens with one attached hydrogen (secondary N) is 1. The monoisotopic (exact) mass is 400 g/mol. The number of aromatic nitrogens is 2. The van der Waals surface area contributed by atoms with Crippen LogP contribution in [0.2, 0.25) is 0 Å². The zero-order valence-corrected chi connectivity index (χ0v) is 13.2. The van der Waals surface area contributed by atoms with Crippen molar-refractivity contribution in [1.82, 2.24) is 9.97 Å². The van der Waals surface area contributed by atoms with Gasteiger partial charge in [0.1, 0.15) is 0 Å². The summed E-state index contributed by atoms with van der Waals surface area (Å²) < 4.78 is 2.34. The second-order valence-corrected chi connectivity index (χ2v) is 6.28. The number of benzene rings is 1. The van der Waals surface area contributed by atoms with Crippen LogP contribution in [0, 0.1) is 17.4 Å². The molecule has 2 nitrogen and oxygen atoms in total. The summed E-state index contributed by atoms with van der Waals surface area (Å²) >= 11 is 5.91. The minimum Gasteiger partial charge on any atom is -0.352 e. The molecule has 4 heteroatoms. The predicted octanol–water partition coefficient (Wildman–Crippen LogP) is 4.70. The lowest BCUT2D eigenvalue weighted by Gasteiger charge is -1.98. The maximum atomic E-state index is 4.50. The van der Waals surface area contributed by atoms with Crippen LogP contribution in [0.1, 0.15) is 11.4 Å². The van der Waals surface area contributed by atoms with E-state index < -0.39 is 0 Å². The molecule has 0 fully saturated rings. The highest BCUT2D eigenvalue weighted by atomic mass is 127. The van der Waals surface area contributed by atoms with Gasteiger partial charge in [-0.1, -0.05) is 15.9 Å². The third-order valence-electron chi connectivity index (χ3n) is 2.92. The lowest BCUT2D eigenvalue weighted by molar-refractivity contribution is 1.14. The number of rotatable bonds is 0. The molecule has 0 radical (unpaired) electrons. The number of hydrogen-bond acceptors (Lipinski definition) is 1. The van der Waals surface area contributed by atoms with E-state index in [1.54, 1.807) is 0 Å². The van der Waals surface area contributed by atoms with Crippen molar-refractivity contribution in [3.8, 4) is 0 Å². The van der Waals surface area contributed by atoms with Gasteiger partial charge in [0.2, 0.25) is 0 Å². The van der Waals surface area contributed by atoms with Crippen molar-refractivity contribution in [1.29, 1.82) is 0 Å². The highest BCUT2D eigenvalue weighted by molar-refractivity contribution is 14.1. The first-order chi connectivity index (χ1) is 8.06. The molecule has 1 N–H and O–H groups in total. The summed E-state index contributed by atoms with van der Waals surface area (Å²) in [6.45, 7) is 4.08. The van der Waals surface area contributed by atoms with Crippen LogP contribution in [0.25, 0.3) is 21.8 Å². The molecule has 1 aromatic carbocycles. The van der Waals surface area contributed by atoms with Gasteiger partial charge in [0.05, 0.1) is 16.7 Å². The summed E-state index contributed by atoms with van der Waals surface area (Å²) in [5, 5.41) is 2.51. The third-order valence-corrected chi connectivity index (χ3v) is 4.23. The fraction of sp³-hybridized carbons (Fsp3) is 0.154. The van der Waals surface area contributed by atoms with E-state index in [2.05, 4.69) is 66.7 Å². The van der Waals surface area contributed by atoms with Gasteiger partial charge in [-0.3, -0.25) is 4.98 Å². The zero-order chi connectivity index (χ0) is 12.2. The number of nitrogens with zero attached hydrogens (tertiary/aromatic N) is 1. The first-order valence-electron chi connectivity index (χ1n) is 5.31. The van der Waals surface area contributed by atoms with E-state index >= 15 is 0 Å². The molecular formula is C13H10BrIN2. The van der Waals surface area contributed by atoms with Crippen molar-refractivity contribution in [3.05, 3.63) is 37.6 Å². The van der Waals surface area contributed by atoms with Gasteiger partial charge in [0.15, 0.2) is 0 Å². The predicted molar refractivity (Wildman–Crippen MR) is 83.5 cm³/mol. The molecule has 0 aliphatic rings. The smallest absolute Gasteiger partial charge is 0.0681 e. The van der Waals surface area contributed by atoms with Crippen LogP contribution in [0.5, 0.6) is 0 Å². The highest BCUT2D eigenvalue weighted by Crippen LogP contribution is 2.32. The summed E-state index contributed by atoms with van der Waals surface area (Å²) in [6.07, 6.45) is 0. The van der Waals surface area contributed by atoms with Crippen molar-refractivity contribution in [3.63, 3.8) is 0 Å². The fourth-order valence-electron chi connectivity index (χ4n) is 2.24. The maximum Gasteiger partial charge on any atom is 0.0681 e. The van der Waals surface area contributed by atoms with Crippen molar-refractivity contribution >= 4 is 60.3 Å². The molecule has 0 spiro atoms. The Morgan fingerprint density at radius 3 is 2.59 bits per heavy atom. The number of pyridine rings is 1. The summed E-state index contributed by atoms with van der Waals surface area (Å²) in [4.78, 5) is 7.98. The Morgan fingerprint density at radius 2 is 1.82 bits per heavy atom. The van der Waals surface area contributed by atoms with Gasteiger partial charge in [-0.2, -0.15) is 0 Å². The van der Waals surface area contributed by atoms with Crippen LogP contribution < -0.4 is 0 Å². The van der Waals surface area contributed by atoms with E-state index in [4.69, 9.17) is 0 Å². The van der Waals surface area contributed by atoms with Crippen molar-refractivity contribution in [2.24, 2.45) is 0 Å². The molecule has 0 saturated carbocycles. The summed E-state index contributed by atoms with van der Waals surface area (Å²) in [6, 6.07) is 6.42. The number of halogens is 2. The zero-order valence-electron chi connectivity index (χ0n) is 9.44. The normalized spacial score (nSPS) is 11.5. The number of H-pyrrole nitrogens is 1. The van der Waals surface area contributed by atoms with Crippen LogP contribution in [0.15, 0.2) is 22.7 Å². The third kappa shape index (κ3) is 1.78. The molecule has 0 atom stereocenters. The van der Waals surface area contributed by atoms with Gasteiger partial charge in [-0.25, -0.2) is 0 Å². The minimum absolute atomic E-state index is 1.06. The van der Waals surface area contributed by atoms with Crippen LogP contribution in [0.4, 0.5) is 0 Å². The molecular weight excluding hydrogens is 391 g/mol. The standard InChI is InChI=1S/C13H10BrIN2/c1-6-3-9-10-4-8(14)5-11(15)13(10)17-12(9)7(2)16-6/h3-5,17H,1-2H3. The maximum absolute atomic E-state index is 4.50. The van der Waals surface area contributed by atoms with Gasteiger partial charge in [-0.05, 0) is 54.6 Å². The van der Waals surface area contributed by atoms with Crippen LogP contribution in [-0.2, 0) is 0 Å². The van der Waals surface area contributed by atoms with Gasteiger partial charge in [0.25, 0.3) is 0 Å². The van der Waals surface area contributed by atoms with E-state index in [9.17, 15) is 0 Å². The Morgan fingerprint density at radius 1 is 1.12 bits per heavy atom. The average molecular weight is 401 g/mol. The van der Waals surface area contributed by atoms with E-state index in [1.165, 1.54) is 19.9 Å². The molecule has 3 aromatic rings. The van der Waals surface area contributed by atoms with E-state index in [1.807, 2.05) is 13.8 Å². The minimum atomic E-state index is 1.06. The first kappa shape index (κ1) is 11.5. The Balaban J connectivity index is 2.60. The Kier molecular flexibility index (Phi) is 2.66. The molecule has 2 aromatic heterocycles. The molecule has 0 aliphatic carbocycles. The second kappa shape index (κ2) is 3.95. The van der Waals surface area contributed by atoms with Crippen molar-refractivity contribution in [2.45, 2.75) is 13.8 Å².